The number of hydrogen-bond donors (Lipinski definition) is 3. The van der Waals surface area contributed by atoms with E-state index < -0.39 is 28.9 Å². The third-order valence-electron chi connectivity index (χ3n) is 4.91. The van der Waals surface area contributed by atoms with Crippen LogP contribution < -0.4 is 10.9 Å². The van der Waals surface area contributed by atoms with Gasteiger partial charge in [-0.1, -0.05) is 18.2 Å². The summed E-state index contributed by atoms with van der Waals surface area (Å²) in [6, 6.07) is 6.63. The van der Waals surface area contributed by atoms with Gasteiger partial charge in [0.2, 0.25) is 0 Å². The second-order valence-corrected chi connectivity index (χ2v) is 7.51. The molecule has 9 nitrogen and oxygen atoms in total. The van der Waals surface area contributed by atoms with E-state index in [2.05, 4.69) is 21.9 Å². The number of aromatic hydroxyl groups is 1. The van der Waals surface area contributed by atoms with Crippen molar-refractivity contribution >= 4 is 11.8 Å². The summed E-state index contributed by atoms with van der Waals surface area (Å²) in [5.41, 5.74) is -0.0222. The van der Waals surface area contributed by atoms with Gasteiger partial charge in [0.15, 0.2) is 5.75 Å². The molecule has 0 aliphatic carbocycles. The normalized spacial score (nSPS) is 10.1. The van der Waals surface area contributed by atoms with Gasteiger partial charge in [-0.25, -0.2) is 9.37 Å². The van der Waals surface area contributed by atoms with Gasteiger partial charge in [0.05, 0.1) is 24.0 Å². The van der Waals surface area contributed by atoms with Crippen molar-refractivity contribution in [2.24, 2.45) is 7.05 Å². The maximum Gasteiger partial charge on any atom is 0.291 e. The van der Waals surface area contributed by atoms with Gasteiger partial charge in [-0.05, 0) is 37.6 Å². The molecule has 34 heavy (non-hydrogen) atoms. The number of nitrogens with one attached hydrogen (secondary N) is 2. The summed E-state index contributed by atoms with van der Waals surface area (Å²) in [5.74, 6) is -1.70. The molecule has 0 aliphatic heterocycles. The summed E-state index contributed by atoms with van der Waals surface area (Å²) < 4.78 is 14.8. The molecule has 10 heteroatoms. The number of carbonyl (C=O) groups excluding carboxylic acids is 2. The van der Waals surface area contributed by atoms with Crippen molar-refractivity contribution in [1.82, 2.24) is 24.8 Å². The molecule has 0 saturated carbocycles. The fraction of sp³-hybridized carbons (Fsp3) is 0.250. The number of amides is 2. The minimum atomic E-state index is -0.956. The summed E-state index contributed by atoms with van der Waals surface area (Å²) in [5, 5.41) is 12.6. The number of pyridine rings is 1. The average Bonchev–Trinajstić information content (AvgIpc) is 3.12. The molecule has 3 N–H and O–H groups in total. The van der Waals surface area contributed by atoms with Gasteiger partial charge < -0.3 is 24.9 Å². The predicted molar refractivity (Wildman–Crippen MR) is 126 cm³/mol. The number of benzene rings is 1. The molecule has 180 valence electrons. The Labute approximate surface area is 196 Å². The zero-order valence-corrected chi connectivity index (χ0v) is 19.6. The van der Waals surface area contributed by atoms with Gasteiger partial charge >= 0.3 is 0 Å². The van der Waals surface area contributed by atoms with Crippen LogP contribution in [0, 0.1) is 12.7 Å². The molecule has 0 unspecified atom stereocenters. The van der Waals surface area contributed by atoms with Crippen LogP contribution >= 0.6 is 0 Å². The van der Waals surface area contributed by atoms with Crippen LogP contribution in [0.5, 0.6) is 5.75 Å². The Kier molecular flexibility index (Phi) is 8.88. The zero-order chi connectivity index (χ0) is 25.4. The Morgan fingerprint density at radius 3 is 2.50 bits per heavy atom. The number of nitrogens with zero attached hydrogens (tertiary/aromatic N) is 3. The maximum atomic E-state index is 13.0. The monoisotopic (exact) mass is 469 g/mol. The summed E-state index contributed by atoms with van der Waals surface area (Å²) in [4.78, 5) is 45.2. The Balaban J connectivity index is 0.00000129. The third kappa shape index (κ3) is 6.41. The highest BCUT2D eigenvalue weighted by atomic mass is 19.1. The van der Waals surface area contributed by atoms with Crippen molar-refractivity contribution in [2.75, 3.05) is 7.05 Å². The average molecular weight is 470 g/mol. The second kappa shape index (κ2) is 11.6. The topological polar surface area (TPSA) is 120 Å². The Hall–Kier alpha value is -4.21. The molecular formula is C24H28FN5O4. The SMILES string of the molecule is C=CC.Cc1ncc(CN(C)C(=O)c2cc(C(=O)NCc3ccc(F)cc3)c(O)c(=O)[nH]2)n1C. The number of rotatable bonds is 6. The van der Waals surface area contributed by atoms with Crippen molar-refractivity contribution in [3.05, 3.63) is 93.7 Å². The first-order valence-electron chi connectivity index (χ1n) is 10.4. The van der Waals surface area contributed by atoms with E-state index in [1.165, 1.54) is 29.2 Å². The summed E-state index contributed by atoms with van der Waals surface area (Å²) >= 11 is 0. The van der Waals surface area contributed by atoms with Gasteiger partial charge in [0.1, 0.15) is 17.3 Å². The van der Waals surface area contributed by atoms with Crippen LogP contribution in [-0.4, -0.2) is 43.4 Å². The van der Waals surface area contributed by atoms with E-state index >= 15 is 0 Å². The largest absolute Gasteiger partial charge is 0.502 e. The molecule has 3 aromatic rings. The molecule has 2 aromatic heterocycles. The number of halogens is 1. The fourth-order valence-electron chi connectivity index (χ4n) is 2.94. The molecule has 0 spiro atoms. The van der Waals surface area contributed by atoms with Crippen molar-refractivity contribution in [2.45, 2.75) is 26.9 Å². The van der Waals surface area contributed by atoms with Crippen LogP contribution in [0.15, 0.2) is 54.0 Å². The molecule has 0 bridgehead atoms. The van der Waals surface area contributed by atoms with Crippen LogP contribution in [0.25, 0.3) is 0 Å². The highest BCUT2D eigenvalue weighted by Crippen LogP contribution is 2.15. The van der Waals surface area contributed by atoms with E-state index in [4.69, 9.17) is 0 Å². The third-order valence-corrected chi connectivity index (χ3v) is 4.91. The fourth-order valence-corrected chi connectivity index (χ4v) is 2.94. The van der Waals surface area contributed by atoms with E-state index in [0.29, 0.717) is 5.56 Å². The molecule has 0 saturated heterocycles. The number of imidazole rings is 1. The van der Waals surface area contributed by atoms with E-state index in [-0.39, 0.29) is 24.3 Å². The van der Waals surface area contributed by atoms with E-state index in [9.17, 15) is 23.9 Å². The van der Waals surface area contributed by atoms with Crippen LogP contribution in [0.3, 0.4) is 0 Å². The first-order chi connectivity index (χ1) is 16.1. The van der Waals surface area contributed by atoms with Crippen LogP contribution in [0.2, 0.25) is 0 Å². The number of aromatic amines is 1. The second-order valence-electron chi connectivity index (χ2n) is 7.51. The smallest absolute Gasteiger partial charge is 0.291 e. The van der Waals surface area contributed by atoms with Crippen molar-refractivity contribution in [3.63, 3.8) is 0 Å². The van der Waals surface area contributed by atoms with Gasteiger partial charge in [-0.15, -0.1) is 6.58 Å². The lowest BCUT2D eigenvalue weighted by Gasteiger charge is -2.18. The minimum Gasteiger partial charge on any atom is -0.502 e. The highest BCUT2D eigenvalue weighted by Gasteiger charge is 2.21. The molecular weight excluding hydrogens is 441 g/mol. The summed E-state index contributed by atoms with van der Waals surface area (Å²) in [6.45, 7) is 7.36. The molecule has 2 heterocycles. The molecule has 0 aliphatic rings. The van der Waals surface area contributed by atoms with Gasteiger partial charge in [0, 0.05) is 20.6 Å². The standard InChI is InChI=1S/C21H22FN5O4.C3H6/c1-12-23-10-15(27(12)3)11-26(2)21(31)17-8-16(18(28)20(30)25-17)19(29)24-9-13-4-6-14(22)7-5-13;1-3-2/h4-8,10,28H,9,11H2,1-3H3,(H,24,29)(H,25,30);3H,1H2,2H3. The van der Waals surface area contributed by atoms with E-state index in [0.717, 1.165) is 17.6 Å². The van der Waals surface area contributed by atoms with E-state index in [1.807, 2.05) is 25.5 Å². The summed E-state index contributed by atoms with van der Waals surface area (Å²) in [6.07, 6.45) is 3.40. The molecule has 0 radical (unpaired) electrons. The van der Waals surface area contributed by atoms with Crippen molar-refractivity contribution in [3.8, 4) is 5.75 Å². The Bertz CT molecular complexity index is 1230. The molecule has 0 fully saturated rings. The number of aromatic nitrogens is 3. The Morgan fingerprint density at radius 2 is 1.94 bits per heavy atom. The maximum absolute atomic E-state index is 13.0. The lowest BCUT2D eigenvalue weighted by Crippen LogP contribution is -2.31. The highest BCUT2D eigenvalue weighted by molar-refractivity contribution is 6.00. The summed E-state index contributed by atoms with van der Waals surface area (Å²) in [7, 11) is 3.37. The molecule has 3 rings (SSSR count). The van der Waals surface area contributed by atoms with Gasteiger partial charge in [-0.3, -0.25) is 14.4 Å². The van der Waals surface area contributed by atoms with Crippen molar-refractivity contribution < 1.29 is 19.1 Å². The number of carbonyl (C=O) groups is 2. The van der Waals surface area contributed by atoms with Gasteiger partial charge in [-0.2, -0.15) is 0 Å². The molecule has 2 amide bonds. The van der Waals surface area contributed by atoms with Crippen LogP contribution in [-0.2, 0) is 20.1 Å². The van der Waals surface area contributed by atoms with Gasteiger partial charge in [0.25, 0.3) is 17.4 Å². The number of aryl methyl sites for hydroxylation is 1. The molecule has 0 atom stereocenters. The minimum absolute atomic E-state index is 0.0500. The first-order valence-corrected chi connectivity index (χ1v) is 10.4. The molecule has 1 aromatic carbocycles. The number of allylic oxidation sites excluding steroid dienone is 1. The van der Waals surface area contributed by atoms with E-state index in [1.54, 1.807) is 19.3 Å². The predicted octanol–water partition coefficient (Wildman–Crippen LogP) is 2.66. The van der Waals surface area contributed by atoms with Crippen LogP contribution in [0.1, 0.15) is 44.9 Å². The lowest BCUT2D eigenvalue weighted by molar-refractivity contribution is 0.0776. The zero-order valence-electron chi connectivity index (χ0n) is 19.6. The Morgan fingerprint density at radius 1 is 1.32 bits per heavy atom. The first kappa shape index (κ1) is 26.0. The van der Waals surface area contributed by atoms with Crippen LogP contribution in [0.4, 0.5) is 4.39 Å². The quantitative estimate of drug-likeness (QED) is 0.480. The van der Waals surface area contributed by atoms with Crippen molar-refractivity contribution in [1.29, 1.82) is 0 Å². The number of H-pyrrole nitrogens is 1. The number of hydrogen-bond acceptors (Lipinski definition) is 5. The lowest BCUT2D eigenvalue weighted by atomic mass is 10.1.